The van der Waals surface area contributed by atoms with Crippen LogP contribution in [0.15, 0.2) is 30.3 Å². The van der Waals surface area contributed by atoms with Gasteiger partial charge in [-0.05, 0) is 12.0 Å². The van der Waals surface area contributed by atoms with E-state index in [1.165, 1.54) is 26.0 Å². The summed E-state index contributed by atoms with van der Waals surface area (Å²) in [6.07, 6.45) is 0.620. The zero-order valence-electron chi connectivity index (χ0n) is 14.8. The predicted octanol–water partition coefficient (Wildman–Crippen LogP) is 1.98. The zero-order chi connectivity index (χ0) is 18.1. The molecular formula is C18H26N2O4. The Morgan fingerprint density at radius 2 is 1.79 bits per heavy atom. The van der Waals surface area contributed by atoms with Gasteiger partial charge < -0.3 is 9.64 Å². The number of nitrogens with zero attached hydrogens (tertiary/aromatic N) is 2. The number of benzene rings is 1. The summed E-state index contributed by atoms with van der Waals surface area (Å²) in [7, 11) is 2.93. The predicted molar refractivity (Wildman–Crippen MR) is 91.6 cm³/mol. The lowest BCUT2D eigenvalue weighted by molar-refractivity contribution is -0.127. The molecule has 0 spiro atoms. The van der Waals surface area contributed by atoms with E-state index in [-0.39, 0.29) is 30.7 Å². The van der Waals surface area contributed by atoms with Crippen molar-refractivity contribution in [1.82, 2.24) is 9.80 Å². The van der Waals surface area contributed by atoms with Gasteiger partial charge in [0.15, 0.2) is 5.78 Å². The normalized spacial score (nSPS) is 11.7. The number of Topliss-reactive ketones (excluding diaryl/α,β-unsaturated/α-hetero) is 1. The van der Waals surface area contributed by atoms with Gasteiger partial charge in [-0.3, -0.25) is 14.5 Å². The number of carbonyl (C=O) groups excluding carboxylic acids is 3. The Bertz CT molecular complexity index is 559. The minimum atomic E-state index is -0.486. The molecule has 0 saturated heterocycles. The molecule has 0 saturated carbocycles. The van der Waals surface area contributed by atoms with Crippen LogP contribution in [0.25, 0.3) is 0 Å². The molecule has 0 aliphatic heterocycles. The first-order valence-corrected chi connectivity index (χ1v) is 7.95. The van der Waals surface area contributed by atoms with Crippen molar-refractivity contribution in [3.05, 3.63) is 35.9 Å². The topological polar surface area (TPSA) is 66.9 Å². The lowest BCUT2D eigenvalue weighted by Gasteiger charge is -2.27. The van der Waals surface area contributed by atoms with Crippen LogP contribution in [-0.4, -0.2) is 61.4 Å². The van der Waals surface area contributed by atoms with Crippen molar-refractivity contribution >= 4 is 17.7 Å². The third-order valence-corrected chi connectivity index (χ3v) is 3.88. The fourth-order valence-electron chi connectivity index (χ4n) is 2.22. The van der Waals surface area contributed by atoms with E-state index in [1.54, 1.807) is 0 Å². The van der Waals surface area contributed by atoms with Gasteiger partial charge in [0, 0.05) is 33.5 Å². The number of imide groups is 1. The van der Waals surface area contributed by atoms with Crippen molar-refractivity contribution in [1.29, 1.82) is 0 Å². The maximum Gasteiger partial charge on any atom is 0.326 e. The van der Waals surface area contributed by atoms with Crippen LogP contribution in [0, 0.1) is 5.92 Å². The Morgan fingerprint density at radius 3 is 2.33 bits per heavy atom. The summed E-state index contributed by atoms with van der Waals surface area (Å²) in [6.45, 7) is 3.69. The minimum absolute atomic E-state index is 0.0339. The molecule has 1 aromatic rings. The first-order chi connectivity index (χ1) is 11.4. The highest BCUT2D eigenvalue weighted by Crippen LogP contribution is 2.11. The highest BCUT2D eigenvalue weighted by Gasteiger charge is 2.24. The Kier molecular flexibility index (Phi) is 8.12. The number of ether oxygens (including phenoxy) is 1. The average Bonchev–Trinajstić information content (AvgIpc) is 2.57. The number of methoxy groups -OCH3 is 1. The maximum absolute atomic E-state index is 12.5. The summed E-state index contributed by atoms with van der Waals surface area (Å²) in [4.78, 5) is 38.6. The van der Waals surface area contributed by atoms with E-state index in [4.69, 9.17) is 4.74 Å². The molecule has 0 bridgehead atoms. The molecule has 0 radical (unpaired) electrons. The van der Waals surface area contributed by atoms with Crippen molar-refractivity contribution in [2.75, 3.05) is 33.9 Å². The SMILES string of the molecule is COCCN(CC(=O)[C@@H](C)Cc1ccccc1)C(=O)N(C)C(C)=O. The number of urea groups is 1. The monoisotopic (exact) mass is 334 g/mol. The van der Waals surface area contributed by atoms with Gasteiger partial charge in [0.2, 0.25) is 5.91 Å². The van der Waals surface area contributed by atoms with Gasteiger partial charge in [-0.2, -0.15) is 0 Å². The summed E-state index contributed by atoms with van der Waals surface area (Å²) in [5.74, 6) is -0.625. The number of rotatable bonds is 8. The van der Waals surface area contributed by atoms with Gasteiger partial charge in [0.1, 0.15) is 0 Å². The van der Waals surface area contributed by atoms with Gasteiger partial charge in [-0.1, -0.05) is 37.3 Å². The van der Waals surface area contributed by atoms with E-state index >= 15 is 0 Å². The molecule has 0 unspecified atom stereocenters. The summed E-state index contributed by atoms with van der Waals surface area (Å²) in [5, 5.41) is 0. The number of amides is 3. The lowest BCUT2D eigenvalue weighted by atomic mass is 9.97. The van der Waals surface area contributed by atoms with Crippen molar-refractivity contribution in [2.45, 2.75) is 20.3 Å². The molecule has 24 heavy (non-hydrogen) atoms. The Hall–Kier alpha value is -2.21. The van der Waals surface area contributed by atoms with Gasteiger partial charge in [-0.25, -0.2) is 4.79 Å². The molecule has 132 valence electrons. The van der Waals surface area contributed by atoms with Crippen LogP contribution in [0.2, 0.25) is 0 Å². The second-order valence-electron chi connectivity index (χ2n) is 5.83. The zero-order valence-corrected chi connectivity index (χ0v) is 14.8. The van der Waals surface area contributed by atoms with E-state index in [2.05, 4.69) is 0 Å². The van der Waals surface area contributed by atoms with Gasteiger partial charge in [0.25, 0.3) is 0 Å². The van der Waals surface area contributed by atoms with Crippen molar-refractivity contribution in [3.8, 4) is 0 Å². The minimum Gasteiger partial charge on any atom is -0.383 e. The van der Waals surface area contributed by atoms with Crippen LogP contribution in [0.5, 0.6) is 0 Å². The van der Waals surface area contributed by atoms with Gasteiger partial charge >= 0.3 is 6.03 Å². The van der Waals surface area contributed by atoms with E-state index < -0.39 is 6.03 Å². The first kappa shape index (κ1) is 19.8. The molecule has 1 aromatic carbocycles. The molecule has 0 fully saturated rings. The molecule has 0 N–H and O–H groups in total. The van der Waals surface area contributed by atoms with Crippen LogP contribution >= 0.6 is 0 Å². The molecule has 0 aromatic heterocycles. The van der Waals surface area contributed by atoms with Crippen molar-refractivity contribution in [3.63, 3.8) is 0 Å². The quantitative estimate of drug-likeness (QED) is 0.729. The smallest absolute Gasteiger partial charge is 0.326 e. The van der Waals surface area contributed by atoms with Crippen LogP contribution in [-0.2, 0) is 20.7 Å². The fourth-order valence-corrected chi connectivity index (χ4v) is 2.22. The fraction of sp³-hybridized carbons (Fsp3) is 0.500. The largest absolute Gasteiger partial charge is 0.383 e. The standard InChI is InChI=1S/C18H26N2O4/c1-14(12-16-8-6-5-7-9-16)17(22)13-20(10-11-24-4)18(23)19(3)15(2)21/h5-9,14H,10-13H2,1-4H3/t14-/m0/s1. The molecule has 0 aliphatic rings. The van der Waals surface area contributed by atoms with E-state index in [0.717, 1.165) is 10.5 Å². The van der Waals surface area contributed by atoms with Crippen molar-refractivity contribution in [2.24, 2.45) is 5.92 Å². The third-order valence-electron chi connectivity index (χ3n) is 3.88. The molecule has 6 heteroatoms. The molecule has 0 heterocycles. The molecule has 3 amide bonds. The van der Waals surface area contributed by atoms with Gasteiger partial charge in [-0.15, -0.1) is 0 Å². The average molecular weight is 334 g/mol. The summed E-state index contributed by atoms with van der Waals surface area (Å²) in [6, 6.07) is 9.26. The highest BCUT2D eigenvalue weighted by molar-refractivity contribution is 5.95. The third kappa shape index (κ3) is 6.12. The van der Waals surface area contributed by atoms with Crippen molar-refractivity contribution < 1.29 is 19.1 Å². The van der Waals surface area contributed by atoms with E-state index in [9.17, 15) is 14.4 Å². The summed E-state index contributed by atoms with van der Waals surface area (Å²) in [5.41, 5.74) is 1.08. The van der Waals surface area contributed by atoms with Crippen LogP contribution in [0.3, 0.4) is 0 Å². The number of hydrogen-bond donors (Lipinski definition) is 0. The molecule has 1 rings (SSSR count). The second kappa shape index (κ2) is 9.82. The number of hydrogen-bond acceptors (Lipinski definition) is 4. The van der Waals surface area contributed by atoms with Crippen LogP contribution in [0.4, 0.5) is 4.79 Å². The van der Waals surface area contributed by atoms with Crippen LogP contribution in [0.1, 0.15) is 19.4 Å². The molecule has 6 nitrogen and oxygen atoms in total. The number of carbonyl (C=O) groups is 3. The van der Waals surface area contributed by atoms with Crippen LogP contribution < -0.4 is 0 Å². The molecular weight excluding hydrogens is 308 g/mol. The Labute approximate surface area is 143 Å². The first-order valence-electron chi connectivity index (χ1n) is 7.95. The maximum atomic E-state index is 12.5. The molecule has 0 aliphatic carbocycles. The molecule has 1 atom stereocenters. The highest BCUT2D eigenvalue weighted by atomic mass is 16.5. The summed E-state index contributed by atoms with van der Waals surface area (Å²) >= 11 is 0. The second-order valence-corrected chi connectivity index (χ2v) is 5.83. The lowest BCUT2D eigenvalue weighted by Crippen LogP contribution is -2.47. The number of ketones is 1. The van der Waals surface area contributed by atoms with Gasteiger partial charge in [0.05, 0.1) is 13.2 Å². The summed E-state index contributed by atoms with van der Waals surface area (Å²) < 4.78 is 4.99. The Morgan fingerprint density at radius 1 is 1.17 bits per heavy atom. The van der Waals surface area contributed by atoms with E-state index in [1.807, 2.05) is 37.3 Å². The van der Waals surface area contributed by atoms with E-state index in [0.29, 0.717) is 13.0 Å². The Balaban J connectivity index is 2.72.